The molecule has 0 spiro atoms. The van der Waals surface area contributed by atoms with Gasteiger partial charge in [-0.2, -0.15) is 0 Å². The zero-order chi connectivity index (χ0) is 18.5. The molecule has 1 N–H and O–H groups in total. The van der Waals surface area contributed by atoms with Gasteiger partial charge in [-0.1, -0.05) is 6.92 Å². The number of amides is 1. The molecule has 6 nitrogen and oxygen atoms in total. The highest BCUT2D eigenvalue weighted by atomic mass is 16.5. The van der Waals surface area contributed by atoms with E-state index >= 15 is 0 Å². The van der Waals surface area contributed by atoms with Gasteiger partial charge in [-0.15, -0.1) is 0 Å². The average Bonchev–Trinajstić information content (AvgIpc) is 2.68. The lowest BCUT2D eigenvalue weighted by molar-refractivity contribution is 0.0697. The van der Waals surface area contributed by atoms with Crippen molar-refractivity contribution < 1.29 is 14.3 Å². The molecule has 0 atom stereocenters. The van der Waals surface area contributed by atoms with Gasteiger partial charge in [-0.25, -0.2) is 4.98 Å². The molecule has 2 aromatic rings. The molecular weight excluding hydrogens is 330 g/mol. The predicted molar refractivity (Wildman–Crippen MR) is 101 cm³/mol. The number of aromatic nitrogens is 1. The molecule has 0 unspecified atom stereocenters. The minimum absolute atomic E-state index is 0.0508. The van der Waals surface area contributed by atoms with Crippen LogP contribution in [0.15, 0.2) is 36.5 Å². The van der Waals surface area contributed by atoms with Crippen LogP contribution in [0.3, 0.4) is 0 Å². The maximum absolute atomic E-state index is 12.6. The maximum Gasteiger partial charge on any atom is 0.255 e. The van der Waals surface area contributed by atoms with E-state index in [4.69, 9.17) is 9.47 Å². The van der Waals surface area contributed by atoms with Gasteiger partial charge in [-0.3, -0.25) is 4.79 Å². The lowest BCUT2D eigenvalue weighted by atomic mass is 9.99. The number of rotatable bonds is 5. The van der Waals surface area contributed by atoms with Gasteiger partial charge in [-0.05, 0) is 43.0 Å². The zero-order valence-corrected chi connectivity index (χ0v) is 15.5. The van der Waals surface area contributed by atoms with Crippen molar-refractivity contribution in [1.82, 2.24) is 9.88 Å². The number of hydrogen-bond acceptors (Lipinski definition) is 5. The number of carbonyl (C=O) groups is 1. The Morgan fingerprint density at radius 2 is 1.92 bits per heavy atom. The SMILES string of the molecule is COc1ccc(OC)c(Nc2ccc(C(=O)N3CCC(C)CC3)cn2)c1. The third kappa shape index (κ3) is 4.07. The van der Waals surface area contributed by atoms with Crippen LogP contribution in [0.2, 0.25) is 0 Å². The quantitative estimate of drug-likeness (QED) is 0.886. The molecule has 1 aromatic heterocycles. The number of carbonyl (C=O) groups excluding carboxylic acids is 1. The minimum Gasteiger partial charge on any atom is -0.497 e. The molecule has 2 heterocycles. The van der Waals surface area contributed by atoms with Crippen molar-refractivity contribution in [3.8, 4) is 11.5 Å². The van der Waals surface area contributed by atoms with Crippen LogP contribution in [0.4, 0.5) is 11.5 Å². The van der Waals surface area contributed by atoms with E-state index in [2.05, 4.69) is 17.2 Å². The fraction of sp³-hybridized carbons (Fsp3) is 0.400. The molecule has 138 valence electrons. The van der Waals surface area contributed by atoms with E-state index in [-0.39, 0.29) is 5.91 Å². The highest BCUT2D eigenvalue weighted by Crippen LogP contribution is 2.31. The fourth-order valence-electron chi connectivity index (χ4n) is 3.04. The molecule has 0 saturated carbocycles. The van der Waals surface area contributed by atoms with Crippen molar-refractivity contribution in [3.63, 3.8) is 0 Å². The largest absolute Gasteiger partial charge is 0.497 e. The standard InChI is InChI=1S/C20H25N3O3/c1-14-8-10-23(11-9-14)20(24)15-4-7-19(21-13-15)22-17-12-16(25-2)5-6-18(17)26-3/h4-7,12-14H,8-11H2,1-3H3,(H,21,22). The van der Waals surface area contributed by atoms with Gasteiger partial charge in [0, 0.05) is 25.4 Å². The van der Waals surface area contributed by atoms with E-state index in [0.717, 1.165) is 37.4 Å². The summed E-state index contributed by atoms with van der Waals surface area (Å²) in [6, 6.07) is 9.12. The Morgan fingerprint density at radius 3 is 2.54 bits per heavy atom. The van der Waals surface area contributed by atoms with Crippen molar-refractivity contribution in [3.05, 3.63) is 42.1 Å². The maximum atomic E-state index is 12.6. The van der Waals surface area contributed by atoms with Crippen LogP contribution in [0.25, 0.3) is 0 Å². The summed E-state index contributed by atoms with van der Waals surface area (Å²) in [6.45, 7) is 3.87. The van der Waals surface area contributed by atoms with Crippen LogP contribution >= 0.6 is 0 Å². The highest BCUT2D eigenvalue weighted by Gasteiger charge is 2.21. The third-order valence-electron chi connectivity index (χ3n) is 4.75. The number of ether oxygens (including phenoxy) is 2. The average molecular weight is 355 g/mol. The van der Waals surface area contributed by atoms with Crippen molar-refractivity contribution in [1.29, 1.82) is 0 Å². The molecule has 1 aliphatic heterocycles. The molecule has 3 rings (SSSR count). The third-order valence-corrected chi connectivity index (χ3v) is 4.75. The second kappa shape index (κ2) is 8.08. The summed E-state index contributed by atoms with van der Waals surface area (Å²) in [5, 5.41) is 3.21. The minimum atomic E-state index is 0.0508. The monoisotopic (exact) mass is 355 g/mol. The van der Waals surface area contributed by atoms with E-state index < -0.39 is 0 Å². The van der Waals surface area contributed by atoms with Crippen molar-refractivity contribution in [2.45, 2.75) is 19.8 Å². The first kappa shape index (κ1) is 18.0. The van der Waals surface area contributed by atoms with E-state index in [9.17, 15) is 4.79 Å². The summed E-state index contributed by atoms with van der Waals surface area (Å²) >= 11 is 0. The predicted octanol–water partition coefficient (Wildman–Crippen LogP) is 3.71. The Morgan fingerprint density at radius 1 is 1.15 bits per heavy atom. The van der Waals surface area contributed by atoms with Crippen molar-refractivity contribution in [2.75, 3.05) is 32.6 Å². The molecule has 1 amide bonds. The van der Waals surface area contributed by atoms with Crippen molar-refractivity contribution >= 4 is 17.4 Å². The number of benzene rings is 1. The number of nitrogens with zero attached hydrogens (tertiary/aromatic N) is 2. The Labute approximate surface area is 154 Å². The van der Waals surface area contributed by atoms with Crippen LogP contribution in [0.5, 0.6) is 11.5 Å². The molecule has 26 heavy (non-hydrogen) atoms. The van der Waals surface area contributed by atoms with Gasteiger partial charge in [0.1, 0.15) is 17.3 Å². The molecule has 0 bridgehead atoms. The number of pyridine rings is 1. The summed E-state index contributed by atoms with van der Waals surface area (Å²) in [6.07, 6.45) is 3.75. The highest BCUT2D eigenvalue weighted by molar-refractivity contribution is 5.94. The van der Waals surface area contributed by atoms with Crippen molar-refractivity contribution in [2.24, 2.45) is 5.92 Å². The number of piperidine rings is 1. The lowest BCUT2D eigenvalue weighted by Gasteiger charge is -2.30. The summed E-state index contributed by atoms with van der Waals surface area (Å²) in [5.41, 5.74) is 1.37. The Balaban J connectivity index is 1.71. The normalized spacial score (nSPS) is 14.8. The summed E-state index contributed by atoms with van der Waals surface area (Å²) in [4.78, 5) is 18.9. The molecule has 0 aliphatic carbocycles. The van der Waals surface area contributed by atoms with E-state index in [1.54, 1.807) is 26.5 Å². The molecule has 1 aromatic carbocycles. The van der Waals surface area contributed by atoms with Crippen LogP contribution < -0.4 is 14.8 Å². The van der Waals surface area contributed by atoms with E-state index in [1.807, 2.05) is 29.2 Å². The second-order valence-electron chi connectivity index (χ2n) is 6.60. The van der Waals surface area contributed by atoms with Crippen LogP contribution in [-0.4, -0.2) is 43.1 Å². The van der Waals surface area contributed by atoms with E-state index in [1.165, 1.54) is 0 Å². The number of anilines is 2. The number of hydrogen-bond donors (Lipinski definition) is 1. The first-order valence-corrected chi connectivity index (χ1v) is 8.85. The zero-order valence-electron chi connectivity index (χ0n) is 15.5. The van der Waals surface area contributed by atoms with Gasteiger partial charge in [0.15, 0.2) is 0 Å². The first-order valence-electron chi connectivity index (χ1n) is 8.85. The van der Waals surface area contributed by atoms with Gasteiger partial charge >= 0.3 is 0 Å². The summed E-state index contributed by atoms with van der Waals surface area (Å²) in [5.74, 6) is 2.80. The second-order valence-corrected chi connectivity index (χ2v) is 6.60. The van der Waals surface area contributed by atoms with Crippen LogP contribution in [-0.2, 0) is 0 Å². The smallest absolute Gasteiger partial charge is 0.255 e. The van der Waals surface area contributed by atoms with Gasteiger partial charge < -0.3 is 19.7 Å². The molecule has 1 aliphatic rings. The molecule has 6 heteroatoms. The molecular formula is C20H25N3O3. The van der Waals surface area contributed by atoms with Gasteiger partial charge in [0.05, 0.1) is 25.5 Å². The summed E-state index contributed by atoms with van der Waals surface area (Å²) in [7, 11) is 3.23. The van der Waals surface area contributed by atoms with Gasteiger partial charge in [0.2, 0.25) is 0 Å². The topological polar surface area (TPSA) is 63.7 Å². The molecule has 0 radical (unpaired) electrons. The van der Waals surface area contributed by atoms with Gasteiger partial charge in [0.25, 0.3) is 5.91 Å². The Kier molecular flexibility index (Phi) is 5.61. The van der Waals surface area contributed by atoms with Crippen LogP contribution in [0, 0.1) is 5.92 Å². The summed E-state index contributed by atoms with van der Waals surface area (Å²) < 4.78 is 10.6. The lowest BCUT2D eigenvalue weighted by Crippen LogP contribution is -2.37. The molecule has 1 saturated heterocycles. The Bertz CT molecular complexity index is 753. The Hall–Kier alpha value is -2.76. The van der Waals surface area contributed by atoms with E-state index in [0.29, 0.717) is 23.0 Å². The van der Waals surface area contributed by atoms with Crippen LogP contribution in [0.1, 0.15) is 30.1 Å². The number of likely N-dealkylation sites (tertiary alicyclic amines) is 1. The fourth-order valence-corrected chi connectivity index (χ4v) is 3.04. The number of nitrogens with one attached hydrogen (secondary N) is 1. The molecule has 1 fully saturated rings. The first-order chi connectivity index (χ1) is 12.6. The number of methoxy groups -OCH3 is 2.